The fraction of sp³-hybridized carbons (Fsp3) is 0.308. The lowest BCUT2D eigenvalue weighted by molar-refractivity contribution is -0.137. The molecule has 1 rings (SSSR count). The van der Waals surface area contributed by atoms with Gasteiger partial charge in [0, 0.05) is 4.90 Å². The second kappa shape index (κ2) is 6.38. The van der Waals surface area contributed by atoms with Crippen LogP contribution < -0.4 is 0 Å². The van der Waals surface area contributed by atoms with Crippen molar-refractivity contribution in [3.05, 3.63) is 41.3 Å². The van der Waals surface area contributed by atoms with E-state index in [4.69, 9.17) is 4.74 Å². The van der Waals surface area contributed by atoms with Crippen LogP contribution in [0.4, 0.5) is 0 Å². The standard InChI is InChI=1S/C13H16O2S/c1-4-11-7-6-8-12(9-11)16-10(3)13(14)15-5-2/h6-9H,3-5H2,1-2H3. The highest BCUT2D eigenvalue weighted by Gasteiger charge is 2.09. The minimum atomic E-state index is -0.339. The summed E-state index contributed by atoms with van der Waals surface area (Å²) in [5, 5.41) is 0. The maximum atomic E-state index is 11.4. The molecule has 0 amide bonds. The van der Waals surface area contributed by atoms with Crippen LogP contribution in [-0.4, -0.2) is 12.6 Å². The Hall–Kier alpha value is -1.22. The van der Waals surface area contributed by atoms with E-state index in [2.05, 4.69) is 25.6 Å². The fourth-order valence-corrected chi connectivity index (χ4v) is 2.01. The van der Waals surface area contributed by atoms with Gasteiger partial charge in [-0.25, -0.2) is 4.79 Å². The molecule has 1 aromatic carbocycles. The molecule has 0 fully saturated rings. The summed E-state index contributed by atoms with van der Waals surface area (Å²) >= 11 is 1.35. The Morgan fingerprint density at radius 3 is 2.81 bits per heavy atom. The zero-order valence-electron chi connectivity index (χ0n) is 9.66. The van der Waals surface area contributed by atoms with Gasteiger partial charge in [0.1, 0.15) is 0 Å². The highest BCUT2D eigenvalue weighted by Crippen LogP contribution is 2.26. The first-order chi connectivity index (χ1) is 7.67. The lowest BCUT2D eigenvalue weighted by Crippen LogP contribution is -2.04. The van der Waals surface area contributed by atoms with Gasteiger partial charge in [-0.1, -0.05) is 37.4 Å². The van der Waals surface area contributed by atoms with Crippen molar-refractivity contribution in [3.63, 3.8) is 0 Å². The van der Waals surface area contributed by atoms with Crippen LogP contribution in [0, 0.1) is 0 Å². The van der Waals surface area contributed by atoms with Crippen molar-refractivity contribution in [2.75, 3.05) is 6.61 Å². The average molecular weight is 236 g/mol. The van der Waals surface area contributed by atoms with Crippen LogP contribution in [0.25, 0.3) is 0 Å². The van der Waals surface area contributed by atoms with E-state index in [1.807, 2.05) is 12.1 Å². The SMILES string of the molecule is C=C(Sc1cccc(CC)c1)C(=O)OCC. The summed E-state index contributed by atoms with van der Waals surface area (Å²) in [6.45, 7) is 7.98. The molecule has 3 heteroatoms. The molecular weight excluding hydrogens is 220 g/mol. The molecule has 1 aromatic rings. The second-order valence-corrected chi connectivity index (χ2v) is 4.41. The summed E-state index contributed by atoms with van der Waals surface area (Å²) in [5.41, 5.74) is 1.25. The summed E-state index contributed by atoms with van der Waals surface area (Å²) in [4.78, 5) is 12.8. The van der Waals surface area contributed by atoms with E-state index < -0.39 is 0 Å². The Labute approximate surface area is 101 Å². The van der Waals surface area contributed by atoms with Crippen molar-refractivity contribution < 1.29 is 9.53 Å². The number of benzene rings is 1. The molecule has 0 aliphatic heterocycles. The Kier molecular flexibility index (Phi) is 5.12. The van der Waals surface area contributed by atoms with Crippen LogP contribution in [0.1, 0.15) is 19.4 Å². The molecule has 0 saturated carbocycles. The Bertz CT molecular complexity index is 385. The number of rotatable bonds is 5. The number of hydrogen-bond donors (Lipinski definition) is 0. The van der Waals surface area contributed by atoms with Crippen LogP contribution >= 0.6 is 11.8 Å². The molecule has 0 atom stereocenters. The molecule has 86 valence electrons. The fourth-order valence-electron chi connectivity index (χ4n) is 1.22. The normalized spacial score (nSPS) is 9.88. The first-order valence-corrected chi connectivity index (χ1v) is 6.11. The van der Waals surface area contributed by atoms with Gasteiger partial charge in [0.2, 0.25) is 0 Å². The first kappa shape index (κ1) is 12.8. The lowest BCUT2D eigenvalue weighted by Gasteiger charge is -2.05. The number of hydrogen-bond acceptors (Lipinski definition) is 3. The van der Waals surface area contributed by atoms with Crippen molar-refractivity contribution in [3.8, 4) is 0 Å². The Balaban J connectivity index is 2.65. The zero-order valence-corrected chi connectivity index (χ0v) is 10.5. The molecule has 0 unspecified atom stereocenters. The molecule has 0 heterocycles. The number of carbonyl (C=O) groups excluding carboxylic acids is 1. The number of ether oxygens (including phenoxy) is 1. The van der Waals surface area contributed by atoms with Gasteiger partial charge in [0.15, 0.2) is 0 Å². The van der Waals surface area contributed by atoms with Crippen LogP contribution in [0.15, 0.2) is 40.6 Å². The molecule has 2 nitrogen and oxygen atoms in total. The van der Waals surface area contributed by atoms with Gasteiger partial charge < -0.3 is 4.74 Å². The molecule has 16 heavy (non-hydrogen) atoms. The Morgan fingerprint density at radius 2 is 2.19 bits per heavy atom. The van der Waals surface area contributed by atoms with Gasteiger partial charge in [-0.05, 0) is 31.0 Å². The molecule has 0 saturated heterocycles. The highest BCUT2D eigenvalue weighted by molar-refractivity contribution is 8.04. The van der Waals surface area contributed by atoms with Gasteiger partial charge >= 0.3 is 5.97 Å². The third-order valence-electron chi connectivity index (χ3n) is 2.05. The molecule has 0 spiro atoms. The van der Waals surface area contributed by atoms with Crippen LogP contribution in [0.3, 0.4) is 0 Å². The zero-order chi connectivity index (χ0) is 12.0. The predicted octanol–water partition coefficient (Wildman–Crippen LogP) is 3.42. The summed E-state index contributed by atoms with van der Waals surface area (Å²) in [7, 11) is 0. The highest BCUT2D eigenvalue weighted by atomic mass is 32.2. The maximum absolute atomic E-state index is 11.4. The number of thioether (sulfide) groups is 1. The summed E-state index contributed by atoms with van der Waals surface area (Å²) in [6, 6.07) is 8.08. The minimum absolute atomic E-state index is 0.339. The van der Waals surface area contributed by atoms with Crippen molar-refractivity contribution >= 4 is 17.7 Å². The molecule has 0 radical (unpaired) electrons. The summed E-state index contributed by atoms with van der Waals surface area (Å²) < 4.78 is 4.87. The quantitative estimate of drug-likeness (QED) is 0.445. The number of aryl methyl sites for hydroxylation is 1. The Morgan fingerprint density at radius 1 is 1.44 bits per heavy atom. The van der Waals surface area contributed by atoms with Crippen molar-refractivity contribution in [2.45, 2.75) is 25.2 Å². The minimum Gasteiger partial charge on any atom is -0.462 e. The third-order valence-corrected chi connectivity index (χ3v) is 2.95. The summed E-state index contributed by atoms with van der Waals surface area (Å²) in [5.74, 6) is -0.339. The average Bonchev–Trinajstić information content (AvgIpc) is 2.29. The topological polar surface area (TPSA) is 26.3 Å². The van der Waals surface area contributed by atoms with E-state index in [1.54, 1.807) is 6.92 Å². The number of esters is 1. The maximum Gasteiger partial charge on any atom is 0.344 e. The smallest absolute Gasteiger partial charge is 0.344 e. The molecular formula is C13H16O2S. The third kappa shape index (κ3) is 3.74. The van der Waals surface area contributed by atoms with E-state index in [9.17, 15) is 4.79 Å². The van der Waals surface area contributed by atoms with E-state index in [1.165, 1.54) is 17.3 Å². The van der Waals surface area contributed by atoms with Gasteiger partial charge in [0.05, 0.1) is 11.5 Å². The van der Waals surface area contributed by atoms with Crippen LogP contribution in [-0.2, 0) is 16.0 Å². The monoisotopic (exact) mass is 236 g/mol. The predicted molar refractivity (Wildman–Crippen MR) is 67.5 cm³/mol. The summed E-state index contributed by atoms with van der Waals surface area (Å²) in [6.07, 6.45) is 0.986. The van der Waals surface area contributed by atoms with Crippen molar-refractivity contribution in [2.24, 2.45) is 0 Å². The van der Waals surface area contributed by atoms with E-state index in [-0.39, 0.29) is 5.97 Å². The lowest BCUT2D eigenvalue weighted by atomic mass is 10.2. The van der Waals surface area contributed by atoms with E-state index in [0.29, 0.717) is 11.5 Å². The molecule has 0 aromatic heterocycles. The molecule has 0 N–H and O–H groups in total. The van der Waals surface area contributed by atoms with Gasteiger partial charge in [0.25, 0.3) is 0 Å². The van der Waals surface area contributed by atoms with E-state index in [0.717, 1.165) is 11.3 Å². The second-order valence-electron chi connectivity index (χ2n) is 3.25. The number of carbonyl (C=O) groups is 1. The van der Waals surface area contributed by atoms with E-state index >= 15 is 0 Å². The molecule has 0 bridgehead atoms. The van der Waals surface area contributed by atoms with Gasteiger partial charge in [-0.3, -0.25) is 0 Å². The van der Waals surface area contributed by atoms with Gasteiger partial charge in [-0.15, -0.1) is 0 Å². The van der Waals surface area contributed by atoms with Gasteiger partial charge in [-0.2, -0.15) is 0 Å². The van der Waals surface area contributed by atoms with Crippen LogP contribution in [0.5, 0.6) is 0 Å². The largest absolute Gasteiger partial charge is 0.462 e. The van der Waals surface area contributed by atoms with Crippen molar-refractivity contribution in [1.82, 2.24) is 0 Å². The molecule has 0 aliphatic carbocycles. The van der Waals surface area contributed by atoms with Crippen LogP contribution in [0.2, 0.25) is 0 Å². The van der Waals surface area contributed by atoms with Crippen molar-refractivity contribution in [1.29, 1.82) is 0 Å². The molecule has 0 aliphatic rings. The first-order valence-electron chi connectivity index (χ1n) is 5.30.